The molecule has 0 aliphatic heterocycles. The van der Waals surface area contributed by atoms with Crippen LogP contribution in [0.15, 0.2) is 52.5 Å². The Kier molecular flexibility index (Phi) is 8.47. The number of nitro groups is 1. The van der Waals surface area contributed by atoms with Crippen LogP contribution in [0.1, 0.15) is 11.1 Å². The van der Waals surface area contributed by atoms with Crippen molar-refractivity contribution in [1.82, 2.24) is 10.9 Å². The summed E-state index contributed by atoms with van der Waals surface area (Å²) < 4.78 is 29.6. The van der Waals surface area contributed by atoms with E-state index in [1.165, 1.54) is 35.8 Å². The van der Waals surface area contributed by atoms with Gasteiger partial charge in [-0.1, -0.05) is 29.3 Å². The molecular formula is C15H16ClN5O6S. The third-order valence-electron chi connectivity index (χ3n) is 3.00. The monoisotopic (exact) mass is 429 g/mol. The van der Waals surface area contributed by atoms with E-state index >= 15 is 0 Å². The van der Waals surface area contributed by atoms with Crippen LogP contribution in [0.3, 0.4) is 0 Å². The van der Waals surface area contributed by atoms with Gasteiger partial charge in [-0.3, -0.25) is 25.3 Å². The lowest BCUT2D eigenvalue weighted by molar-refractivity contribution is -0.385. The van der Waals surface area contributed by atoms with Gasteiger partial charge in [0.25, 0.3) is 15.8 Å². The smallest absolute Gasteiger partial charge is 0.288 e. The normalized spacial score (nSPS) is 10.7. The van der Waals surface area contributed by atoms with E-state index in [4.69, 9.17) is 26.8 Å². The molecular weight excluding hydrogens is 414 g/mol. The number of hydrogen-bond acceptors (Lipinski definition) is 7. The number of aryl methyl sites for hydroxylation is 1. The van der Waals surface area contributed by atoms with Crippen molar-refractivity contribution in [2.45, 2.75) is 11.8 Å². The number of nitro benzene ring substituents is 1. The molecule has 0 atom stereocenters. The SMILES string of the molecule is Cc1ccc(S(=O)(=O)O)cc1.N=C(NO)N/N=C/c1ccc(Cl)cc1[N+](=O)[O-]. The number of benzene rings is 2. The fourth-order valence-electron chi connectivity index (χ4n) is 1.69. The minimum Gasteiger partial charge on any atom is -0.288 e. The molecule has 0 aliphatic carbocycles. The van der Waals surface area contributed by atoms with Crippen LogP contribution in [0.5, 0.6) is 0 Å². The number of rotatable bonds is 4. The number of hydrazone groups is 1. The van der Waals surface area contributed by atoms with Crippen molar-refractivity contribution in [2.24, 2.45) is 5.10 Å². The molecule has 2 rings (SSSR count). The molecule has 2 aromatic carbocycles. The van der Waals surface area contributed by atoms with Crippen LogP contribution in [-0.4, -0.2) is 35.3 Å². The molecule has 150 valence electrons. The number of hydroxylamine groups is 1. The zero-order valence-corrected chi connectivity index (χ0v) is 15.9. The van der Waals surface area contributed by atoms with Crippen molar-refractivity contribution < 1.29 is 23.1 Å². The van der Waals surface area contributed by atoms with Crippen molar-refractivity contribution in [1.29, 1.82) is 5.41 Å². The molecule has 2 aromatic rings. The maximum absolute atomic E-state index is 10.7. The number of halogens is 1. The number of nitrogens with one attached hydrogen (secondary N) is 3. The molecule has 0 saturated heterocycles. The van der Waals surface area contributed by atoms with Gasteiger partial charge in [-0.15, -0.1) is 0 Å². The summed E-state index contributed by atoms with van der Waals surface area (Å²) >= 11 is 5.63. The maximum atomic E-state index is 10.7. The van der Waals surface area contributed by atoms with Crippen molar-refractivity contribution in [3.63, 3.8) is 0 Å². The Labute approximate surface area is 165 Å². The van der Waals surface area contributed by atoms with Crippen LogP contribution in [0.25, 0.3) is 0 Å². The molecule has 0 amide bonds. The maximum Gasteiger partial charge on any atom is 0.294 e. The van der Waals surface area contributed by atoms with Crippen molar-refractivity contribution in [3.8, 4) is 0 Å². The molecule has 0 saturated carbocycles. The van der Waals surface area contributed by atoms with Gasteiger partial charge in [0.15, 0.2) is 0 Å². The quantitative estimate of drug-likeness (QED) is 0.161. The van der Waals surface area contributed by atoms with Gasteiger partial charge in [-0.25, -0.2) is 10.9 Å². The van der Waals surface area contributed by atoms with E-state index in [2.05, 4.69) is 10.5 Å². The minimum absolute atomic E-state index is 0.0666. The second-order valence-corrected chi connectivity index (χ2v) is 6.96. The van der Waals surface area contributed by atoms with Crippen LogP contribution >= 0.6 is 11.6 Å². The lowest BCUT2D eigenvalue weighted by Crippen LogP contribution is -2.30. The van der Waals surface area contributed by atoms with E-state index in [9.17, 15) is 18.5 Å². The summed E-state index contributed by atoms with van der Waals surface area (Å²) in [5.41, 5.74) is 4.57. The average Bonchev–Trinajstić information content (AvgIpc) is 2.62. The summed E-state index contributed by atoms with van der Waals surface area (Å²) in [4.78, 5) is 10.0. The van der Waals surface area contributed by atoms with Gasteiger partial charge in [0.2, 0.25) is 5.96 Å². The molecule has 0 heterocycles. The Hall–Kier alpha value is -3.06. The highest BCUT2D eigenvalue weighted by atomic mass is 35.5. The summed E-state index contributed by atoms with van der Waals surface area (Å²) in [6.45, 7) is 1.84. The van der Waals surface area contributed by atoms with E-state index in [1.54, 1.807) is 12.1 Å². The second kappa shape index (κ2) is 10.3. The van der Waals surface area contributed by atoms with Gasteiger partial charge >= 0.3 is 0 Å². The van der Waals surface area contributed by atoms with E-state index in [-0.39, 0.29) is 21.2 Å². The molecule has 11 nitrogen and oxygen atoms in total. The van der Waals surface area contributed by atoms with Gasteiger partial charge in [0, 0.05) is 11.1 Å². The molecule has 5 N–H and O–H groups in total. The lowest BCUT2D eigenvalue weighted by atomic mass is 10.2. The van der Waals surface area contributed by atoms with Gasteiger partial charge < -0.3 is 0 Å². The van der Waals surface area contributed by atoms with E-state index in [1.807, 2.05) is 6.92 Å². The first-order chi connectivity index (χ1) is 13.0. The lowest BCUT2D eigenvalue weighted by Gasteiger charge is -2.00. The molecule has 0 aliphatic rings. The summed E-state index contributed by atoms with van der Waals surface area (Å²) in [7, 11) is -4.02. The number of nitrogens with zero attached hydrogens (tertiary/aromatic N) is 2. The molecule has 0 unspecified atom stereocenters. The van der Waals surface area contributed by atoms with Crippen molar-refractivity contribution in [3.05, 3.63) is 68.7 Å². The largest absolute Gasteiger partial charge is 0.294 e. The first kappa shape index (κ1) is 23.0. The van der Waals surface area contributed by atoms with Gasteiger partial charge in [-0.05, 0) is 31.2 Å². The molecule has 0 radical (unpaired) electrons. The Balaban J connectivity index is 0.000000307. The van der Waals surface area contributed by atoms with Crippen LogP contribution < -0.4 is 10.9 Å². The Morgan fingerprint density at radius 3 is 2.39 bits per heavy atom. The van der Waals surface area contributed by atoms with Gasteiger partial charge in [0.05, 0.1) is 21.6 Å². The first-order valence-electron chi connectivity index (χ1n) is 7.30. The molecule has 28 heavy (non-hydrogen) atoms. The Morgan fingerprint density at radius 2 is 1.89 bits per heavy atom. The number of guanidine groups is 1. The third-order valence-corrected chi connectivity index (χ3v) is 4.10. The van der Waals surface area contributed by atoms with Gasteiger partial charge in [0.1, 0.15) is 0 Å². The average molecular weight is 430 g/mol. The molecule has 13 heteroatoms. The zero-order chi connectivity index (χ0) is 21.3. The Morgan fingerprint density at radius 1 is 1.29 bits per heavy atom. The molecule has 0 aromatic heterocycles. The summed E-state index contributed by atoms with van der Waals surface area (Å²) in [6.07, 6.45) is 1.14. The highest BCUT2D eigenvalue weighted by molar-refractivity contribution is 7.85. The zero-order valence-electron chi connectivity index (χ0n) is 14.3. The van der Waals surface area contributed by atoms with Crippen molar-refractivity contribution >= 4 is 39.6 Å². The molecule has 0 bridgehead atoms. The standard InChI is InChI=1S/C8H8ClN5O3.C7H8O3S/c9-6-2-1-5(7(3-6)14(16)17)4-11-12-8(10)13-15;1-6-2-4-7(5-3-6)11(8,9)10/h1-4,15H,(H3,10,12,13);2-5H,1H3,(H,8,9,10)/b11-4+;. The highest BCUT2D eigenvalue weighted by Gasteiger charge is 2.12. The van der Waals surface area contributed by atoms with E-state index < -0.39 is 21.0 Å². The Bertz CT molecular complexity index is 979. The highest BCUT2D eigenvalue weighted by Crippen LogP contribution is 2.21. The fraction of sp³-hybridized carbons (Fsp3) is 0.0667. The van der Waals surface area contributed by atoms with E-state index in [0.717, 1.165) is 11.8 Å². The number of hydrogen-bond donors (Lipinski definition) is 5. The summed E-state index contributed by atoms with van der Waals surface area (Å²) in [5, 5.41) is 29.7. The molecule has 0 spiro atoms. The van der Waals surface area contributed by atoms with E-state index in [0.29, 0.717) is 0 Å². The minimum atomic E-state index is -4.02. The fourth-order valence-corrected chi connectivity index (χ4v) is 2.33. The summed E-state index contributed by atoms with van der Waals surface area (Å²) in [5.74, 6) is -0.460. The topological polar surface area (TPSA) is 178 Å². The predicted molar refractivity (Wildman–Crippen MR) is 102 cm³/mol. The molecule has 0 fully saturated rings. The van der Waals surface area contributed by atoms with Crippen LogP contribution in [0, 0.1) is 22.4 Å². The second-order valence-electron chi connectivity index (χ2n) is 5.11. The summed E-state index contributed by atoms with van der Waals surface area (Å²) in [6, 6.07) is 10.1. The van der Waals surface area contributed by atoms with Crippen LogP contribution in [-0.2, 0) is 10.1 Å². The first-order valence-corrected chi connectivity index (χ1v) is 9.12. The van der Waals surface area contributed by atoms with Crippen molar-refractivity contribution in [2.75, 3.05) is 0 Å². The van der Waals surface area contributed by atoms with Gasteiger partial charge in [-0.2, -0.15) is 13.5 Å². The van der Waals surface area contributed by atoms with Crippen LogP contribution in [0.4, 0.5) is 5.69 Å². The predicted octanol–water partition coefficient (Wildman–Crippen LogP) is 2.33. The third kappa shape index (κ3) is 7.67. The van der Waals surface area contributed by atoms with Crippen LogP contribution in [0.2, 0.25) is 5.02 Å².